The highest BCUT2D eigenvalue weighted by Gasteiger charge is 2.49. The molecule has 1 fully saturated rings. The number of esters is 2. The lowest BCUT2D eigenvalue weighted by Gasteiger charge is -2.47. The van der Waals surface area contributed by atoms with Gasteiger partial charge in [-0.3, -0.25) is 9.69 Å². The second kappa shape index (κ2) is 16.2. The number of amides is 1. The number of nitrogens with one attached hydrogen (secondary N) is 1. The van der Waals surface area contributed by atoms with E-state index in [9.17, 15) is 36.7 Å². The third kappa shape index (κ3) is 9.61. The highest BCUT2D eigenvalue weighted by molar-refractivity contribution is 7.99. The van der Waals surface area contributed by atoms with E-state index >= 15 is 0 Å². The van der Waals surface area contributed by atoms with Crippen LogP contribution in [0, 0.1) is 11.6 Å². The lowest BCUT2D eigenvalue weighted by molar-refractivity contribution is -0.280. The Balaban J connectivity index is 1.23. The van der Waals surface area contributed by atoms with E-state index < -0.39 is 69.2 Å². The van der Waals surface area contributed by atoms with Crippen LogP contribution < -0.4 is 10.5 Å². The molecule has 19 heteroatoms. The van der Waals surface area contributed by atoms with Crippen LogP contribution in [0.3, 0.4) is 0 Å². The van der Waals surface area contributed by atoms with Crippen LogP contribution in [0.1, 0.15) is 35.5 Å². The molecule has 2 heterocycles. The minimum atomic E-state index is -4.27. The predicted molar refractivity (Wildman–Crippen MR) is 171 cm³/mol. The molecule has 0 spiro atoms. The van der Waals surface area contributed by atoms with Gasteiger partial charge in [-0.05, 0) is 50.2 Å². The number of carbonyl (C=O) groups excluding carboxylic acids is 3. The maximum atomic E-state index is 13.8. The van der Waals surface area contributed by atoms with Gasteiger partial charge in [0.25, 0.3) is 0 Å². The Kier molecular flexibility index (Phi) is 12.5. The number of nitrogens with two attached hydrogens (primary N) is 1. The largest absolute Gasteiger partial charge is 0.467 e. The molecule has 49 heavy (non-hydrogen) atoms. The lowest BCUT2D eigenvalue weighted by Crippen LogP contribution is -2.62. The second-order valence-electron chi connectivity index (χ2n) is 10.6. The molecule has 3 atom stereocenters. The van der Waals surface area contributed by atoms with E-state index in [1.807, 2.05) is 0 Å². The number of aliphatic hydroxyl groups is 1. The summed E-state index contributed by atoms with van der Waals surface area (Å²) in [5.74, 6) is -5.35. The Labute approximate surface area is 288 Å². The molecule has 1 aliphatic rings. The van der Waals surface area contributed by atoms with Gasteiger partial charge in [-0.2, -0.15) is 0 Å². The third-order valence-corrected chi connectivity index (χ3v) is 9.48. The molecule has 266 valence electrons. The number of ether oxygens (including phenoxy) is 4. The van der Waals surface area contributed by atoms with Gasteiger partial charge in [-0.1, -0.05) is 11.6 Å². The molecule has 3 aromatic rings. The highest BCUT2D eigenvalue weighted by atomic mass is 35.5. The van der Waals surface area contributed by atoms with Crippen LogP contribution in [0.4, 0.5) is 19.3 Å². The molecule has 2 aromatic carbocycles. The van der Waals surface area contributed by atoms with Crippen LogP contribution in [0.2, 0.25) is 5.02 Å². The van der Waals surface area contributed by atoms with Crippen molar-refractivity contribution in [2.45, 2.75) is 43.2 Å². The molecule has 4 N–H and O–H groups in total. The molecule has 4 rings (SSSR count). The van der Waals surface area contributed by atoms with E-state index in [0.717, 1.165) is 34.9 Å². The molecule has 0 radical (unpaired) electrons. The van der Waals surface area contributed by atoms with Crippen molar-refractivity contribution in [3.8, 4) is 0 Å². The topological polar surface area (TPSA) is 197 Å². The number of hydrogen-bond donors (Lipinski definition) is 3. The molecule has 1 saturated heterocycles. The van der Waals surface area contributed by atoms with Crippen LogP contribution >= 0.6 is 23.4 Å². The Morgan fingerprint density at radius 3 is 2.51 bits per heavy atom. The zero-order valence-electron chi connectivity index (χ0n) is 26.0. The van der Waals surface area contributed by atoms with Crippen molar-refractivity contribution in [1.82, 2.24) is 4.90 Å². The van der Waals surface area contributed by atoms with E-state index in [1.54, 1.807) is 19.1 Å². The molecular formula is C30H32ClF2N3O11S2. The molecule has 1 amide bonds. The minimum absolute atomic E-state index is 0.132. The maximum Gasteiger partial charge on any atom is 0.413 e. The molecule has 14 nitrogen and oxygen atoms in total. The van der Waals surface area contributed by atoms with Gasteiger partial charge in [0.2, 0.25) is 22.6 Å². The number of rotatable bonds is 13. The Hall–Kier alpha value is -3.94. The summed E-state index contributed by atoms with van der Waals surface area (Å²) < 4.78 is 77.5. The summed E-state index contributed by atoms with van der Waals surface area (Å²) in [5.41, 5.74) is -0.227. The predicted octanol–water partition coefficient (Wildman–Crippen LogP) is 3.95. The summed E-state index contributed by atoms with van der Waals surface area (Å²) >= 11 is 7.12. The average Bonchev–Trinajstić information content (AvgIpc) is 3.54. The zero-order valence-corrected chi connectivity index (χ0v) is 28.4. The number of benzene rings is 2. The number of anilines is 1. The van der Waals surface area contributed by atoms with Crippen LogP contribution in [0.25, 0.3) is 0 Å². The third-order valence-electron chi connectivity index (χ3n) is 7.20. The SMILES string of the molecule is CC1COC(O)(c2cc(F)cc(F)c2)C(C)N1C(=O)OCOC(=O)CSCCOC(=O)c1cc(S(N)(=O)=O)c(Cl)cc1NCc1ccco1. The summed E-state index contributed by atoms with van der Waals surface area (Å²) in [6.45, 7) is 2.01. The Morgan fingerprint density at radius 2 is 1.86 bits per heavy atom. The first kappa shape index (κ1) is 37.9. The van der Waals surface area contributed by atoms with Gasteiger partial charge in [-0.15, -0.1) is 11.8 Å². The number of morpholine rings is 1. The van der Waals surface area contributed by atoms with Gasteiger partial charge in [0.15, 0.2) is 0 Å². The smallest absolute Gasteiger partial charge is 0.413 e. The fraction of sp³-hybridized carbons (Fsp3) is 0.367. The van der Waals surface area contributed by atoms with Gasteiger partial charge in [0.05, 0.1) is 53.5 Å². The van der Waals surface area contributed by atoms with Crippen molar-refractivity contribution in [2.24, 2.45) is 5.14 Å². The number of furan rings is 1. The number of sulfonamides is 1. The number of carbonyl (C=O) groups is 3. The van der Waals surface area contributed by atoms with E-state index in [1.165, 1.54) is 19.3 Å². The monoisotopic (exact) mass is 747 g/mol. The molecule has 0 aliphatic carbocycles. The van der Waals surface area contributed by atoms with Crippen molar-refractivity contribution in [3.05, 3.63) is 82.3 Å². The fourth-order valence-electron chi connectivity index (χ4n) is 4.81. The molecule has 0 saturated carbocycles. The molecular weight excluding hydrogens is 716 g/mol. The fourth-order valence-corrected chi connectivity index (χ4v) is 6.51. The normalized spacial score (nSPS) is 19.3. The first-order valence-electron chi connectivity index (χ1n) is 14.4. The van der Waals surface area contributed by atoms with E-state index in [-0.39, 0.29) is 53.1 Å². The highest BCUT2D eigenvalue weighted by Crippen LogP contribution is 2.36. The van der Waals surface area contributed by atoms with Crippen molar-refractivity contribution < 1.29 is 60.1 Å². The number of halogens is 3. The lowest BCUT2D eigenvalue weighted by atomic mass is 9.94. The minimum Gasteiger partial charge on any atom is -0.467 e. The van der Waals surface area contributed by atoms with Crippen molar-refractivity contribution >= 4 is 57.1 Å². The molecule has 1 aliphatic heterocycles. The average molecular weight is 748 g/mol. The van der Waals surface area contributed by atoms with Gasteiger partial charge in [0, 0.05) is 17.4 Å². The zero-order chi connectivity index (χ0) is 35.9. The van der Waals surface area contributed by atoms with Crippen molar-refractivity contribution in [2.75, 3.05) is 36.8 Å². The van der Waals surface area contributed by atoms with Gasteiger partial charge in [0.1, 0.15) is 28.9 Å². The first-order chi connectivity index (χ1) is 23.1. The van der Waals surface area contributed by atoms with Crippen LogP contribution in [0.5, 0.6) is 0 Å². The Morgan fingerprint density at radius 1 is 1.14 bits per heavy atom. The summed E-state index contributed by atoms with van der Waals surface area (Å²) in [7, 11) is -4.27. The Bertz CT molecular complexity index is 1760. The second-order valence-corrected chi connectivity index (χ2v) is 13.7. The maximum absolute atomic E-state index is 13.8. The van der Waals surface area contributed by atoms with E-state index in [4.69, 9.17) is 40.1 Å². The summed E-state index contributed by atoms with van der Waals surface area (Å²) in [6, 6.07) is 6.21. The van der Waals surface area contributed by atoms with Gasteiger partial charge >= 0.3 is 18.0 Å². The van der Waals surface area contributed by atoms with E-state index in [0.29, 0.717) is 11.8 Å². The first-order valence-corrected chi connectivity index (χ1v) is 17.5. The summed E-state index contributed by atoms with van der Waals surface area (Å²) in [4.78, 5) is 38.5. The summed E-state index contributed by atoms with van der Waals surface area (Å²) in [6.07, 6.45) is 0.481. The summed E-state index contributed by atoms with van der Waals surface area (Å²) in [5, 5.41) is 19.1. The van der Waals surface area contributed by atoms with Gasteiger partial charge < -0.3 is 33.8 Å². The number of primary sulfonamides is 1. The standard InChI is InChI=1S/C30H32ClF2N3O11S2/c1-17-14-47-30(40,19-8-20(32)10-21(33)9-19)18(2)36(17)29(39)46-16-45-27(37)15-48-7-6-44-28(38)23-11-26(49(34,41)42)24(31)12-25(23)35-13-22-4-3-5-43-22/h3-5,8-12,17-18,35,40H,6-7,13-16H2,1-2H3,(H2,34,41,42). The molecule has 1 aromatic heterocycles. The van der Waals surface area contributed by atoms with Crippen LogP contribution in [0.15, 0.2) is 58.0 Å². The number of thioether (sulfide) groups is 1. The quantitative estimate of drug-likeness (QED) is 0.129. The van der Waals surface area contributed by atoms with E-state index in [2.05, 4.69) is 5.32 Å². The number of hydrogen-bond acceptors (Lipinski definition) is 13. The molecule has 3 unspecified atom stereocenters. The van der Waals surface area contributed by atoms with Crippen LogP contribution in [-0.4, -0.2) is 80.1 Å². The van der Waals surface area contributed by atoms with Gasteiger partial charge in [-0.25, -0.2) is 31.9 Å². The van der Waals surface area contributed by atoms with Crippen molar-refractivity contribution in [1.29, 1.82) is 0 Å². The van der Waals surface area contributed by atoms with Crippen molar-refractivity contribution in [3.63, 3.8) is 0 Å². The number of nitrogens with zero attached hydrogens (tertiary/aromatic N) is 1. The molecule has 0 bridgehead atoms. The van der Waals surface area contributed by atoms with Crippen LogP contribution in [-0.2, 0) is 46.1 Å².